The number of fused-ring (bicyclic) bond motifs is 1. The summed E-state index contributed by atoms with van der Waals surface area (Å²) >= 11 is 6.26. The lowest BCUT2D eigenvalue weighted by Gasteiger charge is -2.40. The minimum Gasteiger partial charge on any atom is -0.445 e. The molecule has 1 amide bonds. The van der Waals surface area contributed by atoms with E-state index in [9.17, 15) is 9.59 Å². The Morgan fingerprint density at radius 3 is 2.68 bits per heavy atom. The van der Waals surface area contributed by atoms with Gasteiger partial charge in [0.25, 0.3) is 5.56 Å². The summed E-state index contributed by atoms with van der Waals surface area (Å²) in [6.45, 7) is 8.63. The van der Waals surface area contributed by atoms with Crippen molar-refractivity contribution in [3.8, 4) is 0 Å². The van der Waals surface area contributed by atoms with Gasteiger partial charge in [0.1, 0.15) is 12.4 Å². The summed E-state index contributed by atoms with van der Waals surface area (Å²) in [5.41, 5.74) is 1.46. The highest BCUT2D eigenvalue weighted by atomic mass is 35.5. The number of aromatic nitrogens is 2. The molecule has 1 aliphatic rings. The van der Waals surface area contributed by atoms with Crippen LogP contribution in [0.25, 0.3) is 10.9 Å². The van der Waals surface area contributed by atoms with E-state index in [2.05, 4.69) is 38.0 Å². The van der Waals surface area contributed by atoms with Crippen molar-refractivity contribution in [2.75, 3.05) is 20.1 Å². The van der Waals surface area contributed by atoms with Gasteiger partial charge in [-0.3, -0.25) is 9.36 Å². The zero-order valence-electron chi connectivity index (χ0n) is 22.2. The third-order valence-corrected chi connectivity index (χ3v) is 7.12. The quantitative estimate of drug-likeness (QED) is 0.436. The molecule has 1 N–H and O–H groups in total. The lowest BCUT2D eigenvalue weighted by molar-refractivity contribution is 0.128. The van der Waals surface area contributed by atoms with Crippen molar-refractivity contribution in [3.63, 3.8) is 0 Å². The molecule has 2 heterocycles. The van der Waals surface area contributed by atoms with E-state index in [1.54, 1.807) is 18.2 Å². The van der Waals surface area contributed by atoms with Gasteiger partial charge in [0.15, 0.2) is 0 Å². The van der Waals surface area contributed by atoms with Crippen LogP contribution in [0.5, 0.6) is 0 Å². The lowest BCUT2D eigenvalue weighted by Crippen LogP contribution is -2.46. The third-order valence-electron chi connectivity index (χ3n) is 6.89. The van der Waals surface area contributed by atoms with E-state index in [4.69, 9.17) is 21.3 Å². The second kappa shape index (κ2) is 11.7. The molecule has 0 aliphatic carbocycles. The van der Waals surface area contributed by atoms with Gasteiger partial charge in [0.2, 0.25) is 0 Å². The number of nitrogens with one attached hydrogen (secondary N) is 1. The van der Waals surface area contributed by atoms with Gasteiger partial charge < -0.3 is 15.0 Å². The Balaban J connectivity index is 1.55. The second-order valence-electron chi connectivity index (χ2n) is 11.2. The van der Waals surface area contributed by atoms with Gasteiger partial charge in [0.05, 0.1) is 10.9 Å². The van der Waals surface area contributed by atoms with Gasteiger partial charge in [-0.05, 0) is 62.0 Å². The van der Waals surface area contributed by atoms with Crippen LogP contribution in [0.3, 0.4) is 0 Å². The standard InChI is InChI=1S/C29H37ClN4O3/c1-29(2,3)19-34-26(32-24-17-21(30)12-13-22(24)27(34)35)23-11-8-16-33(4)25(23)14-15-31-28(36)37-18-20-9-6-5-7-10-20/h5-7,9-10,12-13,17,23,25H,8,11,14-16,18-19H2,1-4H3,(H,31,36). The highest BCUT2D eigenvalue weighted by Crippen LogP contribution is 2.34. The van der Waals surface area contributed by atoms with Gasteiger partial charge in [-0.1, -0.05) is 62.7 Å². The SMILES string of the molecule is CN1CCCC(c2nc3cc(Cl)ccc3c(=O)n2CC(C)(C)C)C1CCNC(=O)OCc1ccccc1. The Morgan fingerprint density at radius 1 is 1.19 bits per heavy atom. The van der Waals surface area contributed by atoms with Crippen molar-refractivity contribution in [2.24, 2.45) is 5.41 Å². The molecule has 198 valence electrons. The van der Waals surface area contributed by atoms with Crippen LogP contribution < -0.4 is 10.9 Å². The maximum absolute atomic E-state index is 13.7. The number of likely N-dealkylation sites (tertiary alicyclic amines) is 1. The topological polar surface area (TPSA) is 76.5 Å². The van der Waals surface area contributed by atoms with E-state index < -0.39 is 6.09 Å². The van der Waals surface area contributed by atoms with Crippen molar-refractivity contribution >= 4 is 28.6 Å². The Hall–Kier alpha value is -2.90. The predicted octanol–water partition coefficient (Wildman–Crippen LogP) is 5.59. The van der Waals surface area contributed by atoms with E-state index in [-0.39, 0.29) is 29.5 Å². The number of nitrogens with zero attached hydrogens (tertiary/aromatic N) is 3. The first-order chi connectivity index (χ1) is 17.6. The number of alkyl carbamates (subject to hydrolysis) is 1. The van der Waals surface area contributed by atoms with Crippen LogP contribution >= 0.6 is 11.6 Å². The zero-order valence-corrected chi connectivity index (χ0v) is 22.9. The van der Waals surface area contributed by atoms with Crippen molar-refractivity contribution < 1.29 is 9.53 Å². The lowest BCUT2D eigenvalue weighted by atomic mass is 9.85. The molecular formula is C29H37ClN4O3. The van der Waals surface area contributed by atoms with Crippen molar-refractivity contribution in [2.45, 2.75) is 65.1 Å². The second-order valence-corrected chi connectivity index (χ2v) is 11.6. The molecule has 2 aromatic carbocycles. The molecule has 2 unspecified atom stereocenters. The Labute approximate surface area is 223 Å². The summed E-state index contributed by atoms with van der Waals surface area (Å²) < 4.78 is 7.24. The molecule has 0 saturated carbocycles. The van der Waals surface area contributed by atoms with Gasteiger partial charge in [-0.25, -0.2) is 9.78 Å². The van der Waals surface area contributed by atoms with E-state index in [0.717, 1.165) is 37.2 Å². The van der Waals surface area contributed by atoms with E-state index >= 15 is 0 Å². The van der Waals surface area contributed by atoms with Gasteiger partial charge >= 0.3 is 6.09 Å². The molecule has 1 saturated heterocycles. The summed E-state index contributed by atoms with van der Waals surface area (Å²) in [5, 5.41) is 4.05. The van der Waals surface area contributed by atoms with Crippen molar-refractivity contribution in [3.05, 3.63) is 75.3 Å². The summed E-state index contributed by atoms with van der Waals surface area (Å²) in [6, 6.07) is 15.0. The summed E-state index contributed by atoms with van der Waals surface area (Å²) in [6.07, 6.45) is 2.24. The van der Waals surface area contributed by atoms with Crippen LogP contribution in [0, 0.1) is 5.41 Å². The first-order valence-electron chi connectivity index (χ1n) is 13.0. The molecule has 7 nitrogen and oxygen atoms in total. The van der Waals surface area contributed by atoms with E-state index in [1.807, 2.05) is 34.9 Å². The average molecular weight is 525 g/mol. The molecular weight excluding hydrogens is 488 g/mol. The molecule has 2 atom stereocenters. The van der Waals surface area contributed by atoms with E-state index in [0.29, 0.717) is 29.0 Å². The normalized spacial score (nSPS) is 18.6. The molecule has 0 spiro atoms. The third kappa shape index (κ3) is 6.90. The van der Waals surface area contributed by atoms with Crippen LogP contribution in [0.4, 0.5) is 4.79 Å². The number of piperidine rings is 1. The van der Waals surface area contributed by atoms with Gasteiger partial charge in [-0.15, -0.1) is 0 Å². The van der Waals surface area contributed by atoms with Crippen LogP contribution in [0.15, 0.2) is 53.3 Å². The molecule has 0 radical (unpaired) electrons. The molecule has 0 bridgehead atoms. The minimum absolute atomic E-state index is 0.0267. The molecule has 1 aromatic heterocycles. The zero-order chi connectivity index (χ0) is 26.6. The molecule has 8 heteroatoms. The fourth-order valence-corrected chi connectivity index (χ4v) is 5.33. The number of hydrogen-bond donors (Lipinski definition) is 1. The molecule has 1 fully saturated rings. The predicted molar refractivity (Wildman–Crippen MR) is 148 cm³/mol. The number of carbonyl (C=O) groups is 1. The Kier molecular flexibility index (Phi) is 8.55. The van der Waals surface area contributed by atoms with Crippen LogP contribution in [0.2, 0.25) is 5.02 Å². The summed E-state index contributed by atoms with van der Waals surface area (Å²) in [5.74, 6) is 0.859. The van der Waals surface area contributed by atoms with Crippen molar-refractivity contribution in [1.29, 1.82) is 0 Å². The minimum atomic E-state index is -0.429. The molecule has 37 heavy (non-hydrogen) atoms. The average Bonchev–Trinajstić information content (AvgIpc) is 2.85. The number of ether oxygens (including phenoxy) is 1. The number of likely N-dealkylation sites (N-methyl/N-ethyl adjacent to an activating group) is 1. The largest absolute Gasteiger partial charge is 0.445 e. The molecule has 1 aliphatic heterocycles. The highest BCUT2D eigenvalue weighted by Gasteiger charge is 2.34. The van der Waals surface area contributed by atoms with Crippen LogP contribution in [-0.4, -0.2) is 46.7 Å². The first-order valence-corrected chi connectivity index (χ1v) is 13.3. The maximum atomic E-state index is 13.7. The number of carbonyl (C=O) groups excluding carboxylic acids is 1. The van der Waals surface area contributed by atoms with E-state index in [1.165, 1.54) is 0 Å². The smallest absolute Gasteiger partial charge is 0.407 e. The number of benzene rings is 2. The first kappa shape index (κ1) is 27.1. The Bertz CT molecular complexity index is 1290. The number of amides is 1. The fourth-order valence-electron chi connectivity index (χ4n) is 5.17. The fraction of sp³-hybridized carbons (Fsp3) is 0.483. The highest BCUT2D eigenvalue weighted by molar-refractivity contribution is 6.31. The molecule has 3 aromatic rings. The van der Waals surface area contributed by atoms with Crippen LogP contribution in [-0.2, 0) is 17.9 Å². The monoisotopic (exact) mass is 524 g/mol. The summed E-state index contributed by atoms with van der Waals surface area (Å²) in [4.78, 5) is 33.3. The number of hydrogen-bond acceptors (Lipinski definition) is 5. The van der Waals surface area contributed by atoms with Crippen LogP contribution in [0.1, 0.15) is 57.3 Å². The van der Waals surface area contributed by atoms with Gasteiger partial charge in [0, 0.05) is 30.1 Å². The maximum Gasteiger partial charge on any atom is 0.407 e. The molecule has 4 rings (SSSR count). The van der Waals surface area contributed by atoms with Gasteiger partial charge in [-0.2, -0.15) is 0 Å². The van der Waals surface area contributed by atoms with Crippen molar-refractivity contribution in [1.82, 2.24) is 19.8 Å². The number of halogens is 1. The number of rotatable bonds is 7. The summed E-state index contributed by atoms with van der Waals surface area (Å²) in [7, 11) is 2.11. The Morgan fingerprint density at radius 2 is 1.95 bits per heavy atom.